The van der Waals surface area contributed by atoms with Crippen LogP contribution in [-0.2, 0) is 10.8 Å². The fraction of sp³-hybridized carbons (Fsp3) is 0.160. The molecule has 0 amide bonds. The fourth-order valence-electron chi connectivity index (χ4n) is 8.31. The zero-order chi connectivity index (χ0) is 37.6. The molecule has 55 heavy (non-hydrogen) atoms. The molecule has 4 aromatic heterocycles. The minimum absolute atomic E-state index is 0.0390. The lowest BCUT2D eigenvalue weighted by atomic mass is 9.84. The first-order valence-corrected chi connectivity index (χ1v) is 19.2. The Morgan fingerprint density at radius 1 is 0.509 bits per heavy atom. The maximum absolute atomic E-state index is 5.68. The predicted molar refractivity (Wildman–Crippen MR) is 231 cm³/mol. The van der Waals surface area contributed by atoms with Crippen molar-refractivity contribution in [3.8, 4) is 34.0 Å². The average molecular weight is 714 g/mol. The average Bonchev–Trinajstić information content (AvgIpc) is 3.87. The van der Waals surface area contributed by atoms with Gasteiger partial charge in [-0.25, -0.2) is 9.97 Å². The van der Waals surface area contributed by atoms with Crippen LogP contribution < -0.4 is 0 Å². The summed E-state index contributed by atoms with van der Waals surface area (Å²) in [5.74, 6) is 1.81. The lowest BCUT2D eigenvalue weighted by Crippen LogP contribution is -2.12. The normalized spacial score (nSPS) is 12.5. The number of para-hydroxylation sites is 3. The minimum Gasteiger partial charge on any atom is -0.354 e. The molecule has 0 aliphatic rings. The van der Waals surface area contributed by atoms with Crippen LogP contribution in [0.2, 0.25) is 0 Å². The molecule has 1 N–H and O–H groups in total. The lowest BCUT2D eigenvalue weighted by Gasteiger charge is -2.22. The van der Waals surface area contributed by atoms with Crippen LogP contribution in [0, 0.1) is 0 Å². The number of aromatic nitrogens is 5. The third-order valence-electron chi connectivity index (χ3n) is 11.3. The topological polar surface area (TPSA) is 51.4 Å². The second-order valence-corrected chi connectivity index (χ2v) is 16.9. The number of fused-ring (bicyclic) bond motifs is 7. The molecule has 0 spiro atoms. The van der Waals surface area contributed by atoms with Crippen molar-refractivity contribution >= 4 is 54.6 Å². The highest BCUT2D eigenvalue weighted by atomic mass is 15.1. The van der Waals surface area contributed by atoms with E-state index in [-0.39, 0.29) is 10.8 Å². The Hall–Kier alpha value is -6.46. The first-order valence-electron chi connectivity index (χ1n) is 19.2. The molecule has 0 aliphatic carbocycles. The summed E-state index contributed by atoms with van der Waals surface area (Å²) in [4.78, 5) is 14.3. The van der Waals surface area contributed by atoms with Gasteiger partial charge in [0.25, 0.3) is 0 Å². The molecule has 5 nitrogen and oxygen atoms in total. The van der Waals surface area contributed by atoms with E-state index in [1.165, 1.54) is 32.7 Å². The highest BCUT2D eigenvalue weighted by Crippen LogP contribution is 2.42. The van der Waals surface area contributed by atoms with Crippen LogP contribution >= 0.6 is 0 Å². The van der Waals surface area contributed by atoms with Crippen LogP contribution in [0.25, 0.3) is 88.7 Å². The highest BCUT2D eigenvalue weighted by molar-refractivity contribution is 6.13. The molecule has 268 valence electrons. The van der Waals surface area contributed by atoms with Gasteiger partial charge in [-0.2, -0.15) is 0 Å². The standard InChI is InChI=1S/C50H43N5/c1-49(2,3)32-22-24-34(25-23-32)54-44-30-33(50(4,5)6)29-40(47(44)53-48(54)39-17-13-16-38-35-14-7-9-18-41(35)52-46(38)39)31-21-26-37-36-15-8-10-19-42(36)55(43(37)28-31)45-20-11-12-27-51-45/h7-30,52H,1-6H3. The van der Waals surface area contributed by atoms with E-state index >= 15 is 0 Å². The number of hydrogen-bond acceptors (Lipinski definition) is 2. The molecule has 0 aliphatic heterocycles. The van der Waals surface area contributed by atoms with E-state index in [2.05, 4.69) is 189 Å². The van der Waals surface area contributed by atoms with E-state index in [9.17, 15) is 0 Å². The Morgan fingerprint density at radius 2 is 1.22 bits per heavy atom. The monoisotopic (exact) mass is 713 g/mol. The van der Waals surface area contributed by atoms with Crippen LogP contribution in [0.3, 0.4) is 0 Å². The minimum atomic E-state index is -0.113. The Bertz CT molecular complexity index is 3090. The Morgan fingerprint density at radius 3 is 1.98 bits per heavy atom. The van der Waals surface area contributed by atoms with Crippen molar-refractivity contribution in [1.82, 2.24) is 24.1 Å². The van der Waals surface area contributed by atoms with E-state index in [1.54, 1.807) is 0 Å². The molecule has 0 radical (unpaired) electrons. The van der Waals surface area contributed by atoms with E-state index in [0.717, 1.165) is 67.1 Å². The second-order valence-electron chi connectivity index (χ2n) is 16.9. The van der Waals surface area contributed by atoms with Gasteiger partial charge in [0.15, 0.2) is 0 Å². The van der Waals surface area contributed by atoms with Crippen molar-refractivity contribution in [2.45, 2.75) is 52.4 Å². The zero-order valence-electron chi connectivity index (χ0n) is 32.1. The molecule has 10 aromatic rings. The first kappa shape index (κ1) is 33.1. The zero-order valence-corrected chi connectivity index (χ0v) is 32.1. The van der Waals surface area contributed by atoms with Crippen molar-refractivity contribution in [3.05, 3.63) is 157 Å². The maximum atomic E-state index is 5.68. The van der Waals surface area contributed by atoms with Gasteiger partial charge in [-0.05, 0) is 88.2 Å². The number of H-pyrrole nitrogens is 1. The van der Waals surface area contributed by atoms with Crippen LogP contribution in [-0.4, -0.2) is 24.1 Å². The van der Waals surface area contributed by atoms with Gasteiger partial charge in [0.05, 0.1) is 27.6 Å². The largest absolute Gasteiger partial charge is 0.354 e. The van der Waals surface area contributed by atoms with Gasteiger partial charge >= 0.3 is 0 Å². The van der Waals surface area contributed by atoms with Gasteiger partial charge in [-0.1, -0.05) is 120 Å². The summed E-state index contributed by atoms with van der Waals surface area (Å²) >= 11 is 0. The molecule has 0 saturated heterocycles. The number of aromatic amines is 1. The van der Waals surface area contributed by atoms with Crippen molar-refractivity contribution in [3.63, 3.8) is 0 Å². The number of nitrogens with one attached hydrogen (secondary N) is 1. The third-order valence-corrected chi connectivity index (χ3v) is 11.3. The van der Waals surface area contributed by atoms with Crippen LogP contribution in [0.1, 0.15) is 52.7 Å². The number of benzene rings is 6. The third kappa shape index (κ3) is 5.29. The summed E-state index contributed by atoms with van der Waals surface area (Å²) in [7, 11) is 0. The van der Waals surface area contributed by atoms with Crippen LogP contribution in [0.15, 0.2) is 146 Å². The summed E-state index contributed by atoms with van der Waals surface area (Å²) in [5.41, 5.74) is 13.4. The fourth-order valence-corrected chi connectivity index (χ4v) is 8.31. The number of pyridine rings is 1. The maximum Gasteiger partial charge on any atom is 0.147 e. The molecule has 4 heterocycles. The predicted octanol–water partition coefficient (Wildman–Crippen LogP) is 13.1. The summed E-state index contributed by atoms with van der Waals surface area (Å²) in [6, 6.07) is 50.5. The van der Waals surface area contributed by atoms with Gasteiger partial charge < -0.3 is 4.98 Å². The van der Waals surface area contributed by atoms with Crippen LogP contribution in [0.4, 0.5) is 0 Å². The molecule has 0 saturated carbocycles. The van der Waals surface area contributed by atoms with Crippen molar-refractivity contribution in [1.29, 1.82) is 0 Å². The van der Waals surface area contributed by atoms with Crippen molar-refractivity contribution in [2.24, 2.45) is 0 Å². The number of nitrogens with zero attached hydrogens (tertiary/aromatic N) is 4. The van der Waals surface area contributed by atoms with E-state index in [1.807, 2.05) is 12.3 Å². The van der Waals surface area contributed by atoms with E-state index < -0.39 is 0 Å². The molecular formula is C50H43N5. The quantitative estimate of drug-likeness (QED) is 0.197. The lowest BCUT2D eigenvalue weighted by molar-refractivity contribution is 0.590. The molecule has 10 rings (SSSR count). The molecule has 5 heteroatoms. The highest BCUT2D eigenvalue weighted by Gasteiger charge is 2.25. The molecule has 0 unspecified atom stereocenters. The van der Waals surface area contributed by atoms with Gasteiger partial charge in [-0.3, -0.25) is 9.13 Å². The van der Waals surface area contributed by atoms with Gasteiger partial charge in [-0.15, -0.1) is 0 Å². The summed E-state index contributed by atoms with van der Waals surface area (Å²) in [6.45, 7) is 13.7. The van der Waals surface area contributed by atoms with Crippen LogP contribution in [0.5, 0.6) is 0 Å². The number of hydrogen-bond donors (Lipinski definition) is 1. The SMILES string of the molecule is CC(C)(C)c1ccc(-n2c(-c3cccc4c3[nH]c3ccccc34)nc3c(-c4ccc5c6ccccc6n(-c6ccccn6)c5c4)cc(C(C)(C)C)cc32)cc1. The van der Waals surface area contributed by atoms with Gasteiger partial charge in [0.2, 0.25) is 0 Å². The second kappa shape index (κ2) is 12.0. The van der Waals surface area contributed by atoms with Crippen molar-refractivity contribution < 1.29 is 0 Å². The molecule has 0 fully saturated rings. The Balaban J connectivity index is 1.31. The van der Waals surface area contributed by atoms with Crippen molar-refractivity contribution in [2.75, 3.05) is 0 Å². The molecular weight excluding hydrogens is 671 g/mol. The smallest absolute Gasteiger partial charge is 0.147 e. The Kier molecular flexibility index (Phi) is 7.24. The number of rotatable bonds is 4. The van der Waals surface area contributed by atoms with Gasteiger partial charge in [0, 0.05) is 50.1 Å². The molecule has 6 aromatic carbocycles. The summed E-state index contributed by atoms with van der Waals surface area (Å²) in [5, 5.41) is 4.81. The van der Waals surface area contributed by atoms with Gasteiger partial charge in [0.1, 0.15) is 11.6 Å². The van der Waals surface area contributed by atoms with E-state index in [0.29, 0.717) is 0 Å². The first-order chi connectivity index (χ1) is 26.5. The van der Waals surface area contributed by atoms with E-state index in [4.69, 9.17) is 9.97 Å². The summed E-state index contributed by atoms with van der Waals surface area (Å²) < 4.78 is 4.67. The molecule has 0 bridgehead atoms. The summed E-state index contributed by atoms with van der Waals surface area (Å²) in [6.07, 6.45) is 1.87. The Labute approximate surface area is 320 Å². The molecule has 0 atom stereocenters. The number of imidazole rings is 1.